The maximum atomic E-state index is 13.0. The van der Waals surface area contributed by atoms with Crippen LogP contribution in [0.4, 0.5) is 0 Å². The molecule has 0 bridgehead atoms. The molecule has 0 spiro atoms. The molecule has 0 radical (unpaired) electrons. The second-order valence-corrected chi connectivity index (χ2v) is 16.9. The Kier molecular flexibility index (Phi) is 27.3. The average molecular weight is 729 g/mol. The number of hydrogen-bond donors (Lipinski definition) is 0. The fourth-order valence-corrected chi connectivity index (χ4v) is 7.39. The van der Waals surface area contributed by atoms with Gasteiger partial charge in [0.05, 0.1) is 38.9 Å². The molecule has 11 heteroatoms. The number of halogens is 1. The van der Waals surface area contributed by atoms with Crippen molar-refractivity contribution in [1.29, 1.82) is 5.26 Å². The summed E-state index contributed by atoms with van der Waals surface area (Å²) in [5.74, 6) is 1.30. The molecule has 0 aromatic rings. The number of thioether (sulfide) groups is 1. The van der Waals surface area contributed by atoms with E-state index in [1.807, 2.05) is 6.07 Å². The highest BCUT2D eigenvalue weighted by Gasteiger charge is 2.30. The van der Waals surface area contributed by atoms with Gasteiger partial charge >= 0.3 is 7.82 Å². The Hall–Kier alpha value is 0.310. The Balaban J connectivity index is 2.11. The predicted molar refractivity (Wildman–Crippen MR) is 186 cm³/mol. The zero-order valence-electron chi connectivity index (χ0n) is 28.1. The molecular weight excluding hydrogens is 665 g/mol. The summed E-state index contributed by atoms with van der Waals surface area (Å²) in [4.78, 5) is 0. The molecule has 8 nitrogen and oxygen atoms in total. The lowest BCUT2D eigenvalue weighted by Gasteiger charge is -2.28. The standard InChI is InChI=1S/C33H63BrNO7PS/c1-33(2,3)44-28-19-15-13-11-9-7-5-4-6-8-10-12-14-17-24-37-29-31(42-32-21-16-18-25-38-32)30-41-43(36,40-27-22-34)39-26-20-23-35/h31-32H,4-22,24-30H2,1-3H3/t31-,32?,43?/m0/s1. The molecule has 260 valence electrons. The molecule has 1 heterocycles. The molecule has 44 heavy (non-hydrogen) atoms. The van der Waals surface area contributed by atoms with Crippen LogP contribution in [0.25, 0.3) is 0 Å². The van der Waals surface area contributed by atoms with E-state index in [1.54, 1.807) is 0 Å². The van der Waals surface area contributed by atoms with Gasteiger partial charge in [-0.1, -0.05) is 114 Å². The highest BCUT2D eigenvalue weighted by atomic mass is 79.9. The minimum absolute atomic E-state index is 0.0110. The lowest BCUT2D eigenvalue weighted by molar-refractivity contribution is -0.204. The number of hydrogen-bond acceptors (Lipinski definition) is 9. The van der Waals surface area contributed by atoms with E-state index in [1.165, 1.54) is 82.8 Å². The molecule has 0 saturated carbocycles. The number of ether oxygens (including phenoxy) is 3. The minimum Gasteiger partial charge on any atom is -0.379 e. The smallest absolute Gasteiger partial charge is 0.379 e. The van der Waals surface area contributed by atoms with Gasteiger partial charge in [-0.25, -0.2) is 4.57 Å². The van der Waals surface area contributed by atoms with E-state index in [9.17, 15) is 4.57 Å². The van der Waals surface area contributed by atoms with Gasteiger partial charge < -0.3 is 14.2 Å². The van der Waals surface area contributed by atoms with Crippen LogP contribution < -0.4 is 0 Å². The number of nitrogens with zero attached hydrogens (tertiary/aromatic N) is 1. The van der Waals surface area contributed by atoms with Gasteiger partial charge in [0.15, 0.2) is 6.29 Å². The molecule has 1 saturated heterocycles. The number of phosphoric ester groups is 1. The van der Waals surface area contributed by atoms with Gasteiger partial charge in [0.2, 0.25) is 0 Å². The van der Waals surface area contributed by atoms with E-state index in [0.717, 1.165) is 32.1 Å². The van der Waals surface area contributed by atoms with Gasteiger partial charge in [-0.3, -0.25) is 13.6 Å². The van der Waals surface area contributed by atoms with Crippen molar-refractivity contribution in [3.05, 3.63) is 0 Å². The van der Waals surface area contributed by atoms with Crippen molar-refractivity contribution in [3.63, 3.8) is 0 Å². The number of alkyl halides is 1. The quantitative estimate of drug-likeness (QED) is 0.0407. The first-order chi connectivity index (χ1) is 21.3. The number of rotatable bonds is 30. The molecule has 0 aliphatic carbocycles. The van der Waals surface area contributed by atoms with Gasteiger partial charge in [-0.15, -0.1) is 0 Å². The lowest BCUT2D eigenvalue weighted by atomic mass is 10.0. The van der Waals surface area contributed by atoms with Crippen molar-refractivity contribution in [2.24, 2.45) is 0 Å². The molecule has 0 aromatic carbocycles. The Morgan fingerprint density at radius 1 is 0.841 bits per heavy atom. The zero-order valence-corrected chi connectivity index (χ0v) is 31.4. The van der Waals surface area contributed by atoms with Gasteiger partial charge in [-0.05, 0) is 37.9 Å². The molecule has 1 aliphatic rings. The van der Waals surface area contributed by atoms with E-state index >= 15 is 0 Å². The van der Waals surface area contributed by atoms with E-state index < -0.39 is 13.9 Å². The van der Waals surface area contributed by atoms with Crippen molar-refractivity contribution < 1.29 is 32.3 Å². The van der Waals surface area contributed by atoms with Crippen molar-refractivity contribution in [2.75, 3.05) is 50.7 Å². The molecule has 3 atom stereocenters. The van der Waals surface area contributed by atoms with Crippen molar-refractivity contribution in [1.82, 2.24) is 0 Å². The Bertz CT molecular complexity index is 747. The number of unbranched alkanes of at least 4 members (excludes halogenated alkanes) is 13. The third kappa shape index (κ3) is 26.4. The summed E-state index contributed by atoms with van der Waals surface area (Å²) in [7, 11) is -3.81. The van der Waals surface area contributed by atoms with Crippen LogP contribution in [0.5, 0.6) is 0 Å². The van der Waals surface area contributed by atoms with E-state index in [2.05, 4.69) is 48.5 Å². The molecule has 0 N–H and O–H groups in total. The van der Waals surface area contributed by atoms with E-state index in [0.29, 0.717) is 29.9 Å². The summed E-state index contributed by atoms with van der Waals surface area (Å²) in [6.45, 7) is 8.67. The SMILES string of the molecule is CC(C)(C)SCCCCCCCCCCCCCCCCOC[C@@H](COP(=O)(OCCBr)OCCC#N)OC1CCCCO1. The normalized spacial score (nSPS) is 17.8. The Labute approximate surface area is 282 Å². The molecule has 1 fully saturated rings. The second-order valence-electron chi connectivity index (χ2n) is 12.5. The molecule has 2 unspecified atom stereocenters. The Morgan fingerprint density at radius 3 is 1.98 bits per heavy atom. The first kappa shape index (κ1) is 42.3. The van der Waals surface area contributed by atoms with Crippen LogP contribution in [0.15, 0.2) is 0 Å². The van der Waals surface area contributed by atoms with E-state index in [4.69, 9.17) is 33.0 Å². The third-order valence-corrected chi connectivity index (χ3v) is 10.4. The molecule has 1 aliphatic heterocycles. The zero-order chi connectivity index (χ0) is 32.2. The van der Waals surface area contributed by atoms with Gasteiger partial charge in [-0.2, -0.15) is 17.0 Å². The Morgan fingerprint density at radius 2 is 1.43 bits per heavy atom. The average Bonchev–Trinajstić information content (AvgIpc) is 3.00. The third-order valence-electron chi connectivity index (χ3n) is 7.21. The molecule has 1 rings (SSSR count). The highest BCUT2D eigenvalue weighted by molar-refractivity contribution is 9.09. The van der Waals surface area contributed by atoms with Crippen molar-refractivity contribution in [3.8, 4) is 6.07 Å². The molecular formula is C33H63BrNO7PS. The van der Waals surface area contributed by atoms with Crippen LogP contribution in [0.2, 0.25) is 0 Å². The fourth-order valence-electron chi connectivity index (χ4n) is 4.82. The first-order valence-electron chi connectivity index (χ1n) is 17.2. The summed E-state index contributed by atoms with van der Waals surface area (Å²) in [5.41, 5.74) is 0. The second kappa shape index (κ2) is 28.3. The van der Waals surface area contributed by atoms with Crippen LogP contribution in [0.1, 0.15) is 136 Å². The lowest BCUT2D eigenvalue weighted by Crippen LogP contribution is -2.33. The highest BCUT2D eigenvalue weighted by Crippen LogP contribution is 2.49. The van der Waals surface area contributed by atoms with Crippen LogP contribution in [-0.4, -0.2) is 67.9 Å². The van der Waals surface area contributed by atoms with Gasteiger partial charge in [0.1, 0.15) is 6.10 Å². The summed E-state index contributed by atoms with van der Waals surface area (Å²) in [6.07, 6.45) is 20.7. The van der Waals surface area contributed by atoms with Crippen LogP contribution in [0, 0.1) is 11.3 Å². The minimum atomic E-state index is -3.81. The number of phosphoric acid groups is 1. The molecule has 0 aromatic heterocycles. The maximum absolute atomic E-state index is 13.0. The first-order valence-corrected chi connectivity index (χ1v) is 20.8. The summed E-state index contributed by atoms with van der Waals surface area (Å²) in [5, 5.41) is 9.26. The van der Waals surface area contributed by atoms with E-state index in [-0.39, 0.29) is 32.5 Å². The monoisotopic (exact) mass is 727 g/mol. The van der Waals surface area contributed by atoms with Gasteiger partial charge in [0.25, 0.3) is 0 Å². The summed E-state index contributed by atoms with van der Waals surface area (Å²) < 4.78 is 47.4. The number of nitriles is 1. The maximum Gasteiger partial charge on any atom is 0.474 e. The fraction of sp³-hybridized carbons (Fsp3) is 0.970. The van der Waals surface area contributed by atoms with Crippen LogP contribution >= 0.6 is 35.5 Å². The largest absolute Gasteiger partial charge is 0.474 e. The summed E-state index contributed by atoms with van der Waals surface area (Å²) in [6, 6.07) is 1.97. The van der Waals surface area contributed by atoms with Crippen molar-refractivity contribution in [2.45, 2.75) is 153 Å². The van der Waals surface area contributed by atoms with Crippen molar-refractivity contribution >= 4 is 35.5 Å². The summed E-state index contributed by atoms with van der Waals surface area (Å²) >= 11 is 5.35. The van der Waals surface area contributed by atoms with Gasteiger partial charge in [0, 0.05) is 23.3 Å². The molecule has 0 amide bonds. The van der Waals surface area contributed by atoms with Crippen LogP contribution in [0.3, 0.4) is 0 Å². The topological polar surface area (TPSA) is 96.2 Å². The predicted octanol–water partition coefficient (Wildman–Crippen LogP) is 10.4. The van der Waals surface area contributed by atoms with Crippen LogP contribution in [-0.2, 0) is 32.3 Å².